The molecule has 0 bridgehead atoms. The fourth-order valence-electron chi connectivity index (χ4n) is 4.23. The summed E-state index contributed by atoms with van der Waals surface area (Å²) in [4.78, 5) is 0. The second-order valence-corrected chi connectivity index (χ2v) is 7.46. The van der Waals surface area contributed by atoms with Gasteiger partial charge >= 0.3 is 0 Å². The number of benzene rings is 2. The molecule has 35 heavy (non-hydrogen) atoms. The summed E-state index contributed by atoms with van der Waals surface area (Å²) >= 11 is 0. The predicted octanol–water partition coefficient (Wildman–Crippen LogP) is 3.73. The number of aromatic nitrogens is 2. The zero-order valence-electron chi connectivity index (χ0n) is 20.1. The van der Waals surface area contributed by atoms with E-state index in [0.29, 0.717) is 52.2 Å². The highest BCUT2D eigenvalue weighted by molar-refractivity contribution is 5.74. The molecule has 1 aliphatic heterocycles. The minimum atomic E-state index is -0.662. The molecule has 0 saturated heterocycles. The summed E-state index contributed by atoms with van der Waals surface area (Å²) in [7, 11) is 6.15. The van der Waals surface area contributed by atoms with Crippen LogP contribution in [0.25, 0.3) is 11.3 Å². The summed E-state index contributed by atoms with van der Waals surface area (Å²) in [6.45, 7) is 2.40. The van der Waals surface area contributed by atoms with Gasteiger partial charge in [0.25, 0.3) is 0 Å². The van der Waals surface area contributed by atoms with E-state index in [4.69, 9.17) is 34.2 Å². The maximum atomic E-state index is 10.1. The van der Waals surface area contributed by atoms with Crippen LogP contribution >= 0.6 is 0 Å². The van der Waals surface area contributed by atoms with Gasteiger partial charge in [-0.05, 0) is 31.2 Å². The summed E-state index contributed by atoms with van der Waals surface area (Å²) < 4.78 is 33.6. The Morgan fingerprint density at radius 3 is 2.34 bits per heavy atom. The first-order valence-corrected chi connectivity index (χ1v) is 10.8. The first-order chi connectivity index (χ1) is 17.0. The van der Waals surface area contributed by atoms with E-state index in [9.17, 15) is 5.26 Å². The first-order valence-electron chi connectivity index (χ1n) is 10.8. The number of nitrogens with one attached hydrogen (secondary N) is 1. The number of H-pyrrole nitrogens is 1. The summed E-state index contributed by atoms with van der Waals surface area (Å²) in [6, 6.07) is 11.3. The van der Waals surface area contributed by atoms with Crippen LogP contribution in [0.3, 0.4) is 0 Å². The number of nitriles is 1. The smallest absolute Gasteiger partial charge is 0.244 e. The number of ether oxygens (including phenoxy) is 6. The zero-order valence-corrected chi connectivity index (χ0v) is 20.1. The van der Waals surface area contributed by atoms with Gasteiger partial charge in [-0.15, -0.1) is 5.10 Å². The Balaban J connectivity index is 1.97. The first kappa shape index (κ1) is 23.6. The Hall–Kier alpha value is -4.52. The van der Waals surface area contributed by atoms with Gasteiger partial charge in [-0.2, -0.15) is 5.26 Å². The predicted molar refractivity (Wildman–Crippen MR) is 127 cm³/mol. The lowest BCUT2D eigenvalue weighted by atomic mass is 9.82. The van der Waals surface area contributed by atoms with E-state index in [1.54, 1.807) is 19.2 Å². The Morgan fingerprint density at radius 1 is 1.00 bits per heavy atom. The number of methoxy groups -OCH3 is 4. The number of aromatic amines is 1. The Morgan fingerprint density at radius 2 is 1.71 bits per heavy atom. The van der Waals surface area contributed by atoms with Gasteiger partial charge in [0.05, 0.1) is 52.2 Å². The summed E-state index contributed by atoms with van der Waals surface area (Å²) in [5.41, 5.74) is 8.99. The molecule has 3 N–H and O–H groups in total. The Labute approximate surface area is 202 Å². The van der Waals surface area contributed by atoms with Gasteiger partial charge in [0.15, 0.2) is 23.0 Å². The summed E-state index contributed by atoms with van der Waals surface area (Å²) in [6.07, 6.45) is 0. The van der Waals surface area contributed by atoms with Crippen LogP contribution in [0.1, 0.15) is 24.0 Å². The van der Waals surface area contributed by atoms with Crippen LogP contribution in [0.2, 0.25) is 0 Å². The van der Waals surface area contributed by atoms with E-state index in [1.807, 2.05) is 25.1 Å². The Bertz CT molecular complexity index is 1320. The van der Waals surface area contributed by atoms with Gasteiger partial charge in [0.2, 0.25) is 17.5 Å². The van der Waals surface area contributed by atoms with Crippen molar-refractivity contribution in [1.29, 1.82) is 5.26 Å². The molecule has 0 aliphatic carbocycles. The highest BCUT2D eigenvalue weighted by Gasteiger charge is 2.38. The molecular formula is C25H26N4O6. The SMILES string of the molecule is CCOc1ccc(-c2[nH]nc3c2C(c2ccc(OC)c(OC)c2OC)C(C#N)=C(N)O3)cc1OC. The van der Waals surface area contributed by atoms with Crippen molar-refractivity contribution in [3.63, 3.8) is 0 Å². The summed E-state index contributed by atoms with van der Waals surface area (Å²) in [5.74, 6) is 2.01. The molecular weight excluding hydrogens is 452 g/mol. The fourth-order valence-corrected chi connectivity index (χ4v) is 4.23. The third-order valence-corrected chi connectivity index (χ3v) is 5.74. The van der Waals surface area contributed by atoms with Crippen molar-refractivity contribution in [3.05, 3.63) is 52.9 Å². The van der Waals surface area contributed by atoms with Gasteiger partial charge < -0.3 is 34.2 Å². The van der Waals surface area contributed by atoms with Gasteiger partial charge in [-0.25, -0.2) is 0 Å². The van der Waals surface area contributed by atoms with Crippen LogP contribution in [-0.4, -0.2) is 45.2 Å². The molecule has 0 saturated carbocycles. The minimum Gasteiger partial charge on any atom is -0.493 e. The summed E-state index contributed by atoms with van der Waals surface area (Å²) in [5, 5.41) is 17.4. The molecule has 182 valence electrons. The number of hydrogen-bond acceptors (Lipinski definition) is 9. The second-order valence-electron chi connectivity index (χ2n) is 7.46. The van der Waals surface area contributed by atoms with E-state index in [-0.39, 0.29) is 17.3 Å². The number of hydrogen-bond donors (Lipinski definition) is 2. The van der Waals surface area contributed by atoms with Crippen molar-refractivity contribution in [3.8, 4) is 52.0 Å². The molecule has 0 spiro atoms. The average Bonchev–Trinajstić information content (AvgIpc) is 3.30. The number of rotatable bonds is 8. The van der Waals surface area contributed by atoms with Crippen LogP contribution in [-0.2, 0) is 0 Å². The molecule has 2 aromatic carbocycles. The number of nitrogens with two attached hydrogens (primary N) is 1. The lowest BCUT2D eigenvalue weighted by Gasteiger charge is -2.26. The number of fused-ring (bicyclic) bond motifs is 1. The van der Waals surface area contributed by atoms with E-state index < -0.39 is 5.92 Å². The van der Waals surface area contributed by atoms with E-state index in [0.717, 1.165) is 5.56 Å². The average molecular weight is 479 g/mol. The van der Waals surface area contributed by atoms with E-state index in [1.165, 1.54) is 21.3 Å². The van der Waals surface area contributed by atoms with Crippen LogP contribution in [0, 0.1) is 11.3 Å². The largest absolute Gasteiger partial charge is 0.493 e. The molecule has 1 aliphatic rings. The van der Waals surface area contributed by atoms with Crippen LogP contribution in [0.15, 0.2) is 41.8 Å². The molecule has 0 amide bonds. The molecule has 2 heterocycles. The topological polar surface area (TPSA) is 134 Å². The van der Waals surface area contributed by atoms with Crippen LogP contribution in [0.4, 0.5) is 0 Å². The molecule has 1 unspecified atom stereocenters. The fraction of sp³-hybridized carbons (Fsp3) is 0.280. The highest BCUT2D eigenvalue weighted by Crippen LogP contribution is 2.51. The quantitative estimate of drug-likeness (QED) is 0.497. The van der Waals surface area contributed by atoms with Crippen LogP contribution in [0.5, 0.6) is 34.6 Å². The maximum Gasteiger partial charge on any atom is 0.244 e. The Kier molecular flexibility index (Phi) is 6.59. The molecule has 1 atom stereocenters. The zero-order chi connectivity index (χ0) is 25.1. The minimum absolute atomic E-state index is 0.0378. The molecule has 0 radical (unpaired) electrons. The molecule has 10 heteroatoms. The van der Waals surface area contributed by atoms with Gasteiger partial charge in [0, 0.05) is 11.1 Å². The van der Waals surface area contributed by atoms with Crippen LogP contribution < -0.4 is 34.2 Å². The third-order valence-electron chi connectivity index (χ3n) is 5.74. The lowest BCUT2D eigenvalue weighted by Crippen LogP contribution is -2.21. The molecule has 0 fully saturated rings. The van der Waals surface area contributed by atoms with Crippen molar-refractivity contribution >= 4 is 0 Å². The monoisotopic (exact) mass is 478 g/mol. The van der Waals surface area contributed by atoms with Gasteiger partial charge in [-0.1, -0.05) is 6.07 Å². The maximum absolute atomic E-state index is 10.1. The lowest BCUT2D eigenvalue weighted by molar-refractivity contribution is 0.311. The number of nitrogens with zero attached hydrogens (tertiary/aromatic N) is 2. The van der Waals surface area contributed by atoms with E-state index >= 15 is 0 Å². The standard InChI is InChI=1S/C25H26N4O6/c1-6-34-16-9-7-13(11-18(16)31-3)21-20-19(15(12-26)24(27)35-25(20)29-28-21)14-8-10-17(30-2)23(33-5)22(14)32-4/h7-11,19H,6,27H2,1-5H3,(H,28,29). The molecule has 1 aromatic heterocycles. The highest BCUT2D eigenvalue weighted by atomic mass is 16.5. The molecule has 4 rings (SSSR count). The normalized spacial score (nSPS) is 14.5. The van der Waals surface area contributed by atoms with Gasteiger partial charge in [0.1, 0.15) is 11.6 Å². The van der Waals surface area contributed by atoms with Gasteiger partial charge in [-0.3, -0.25) is 5.10 Å². The van der Waals surface area contributed by atoms with Crippen molar-refractivity contribution in [2.24, 2.45) is 5.73 Å². The van der Waals surface area contributed by atoms with Crippen molar-refractivity contribution in [2.75, 3.05) is 35.0 Å². The third kappa shape index (κ3) is 3.91. The molecule has 10 nitrogen and oxygen atoms in total. The second kappa shape index (κ2) is 9.77. The number of allylic oxidation sites excluding steroid dienone is 1. The van der Waals surface area contributed by atoms with E-state index in [2.05, 4.69) is 16.3 Å². The van der Waals surface area contributed by atoms with Crippen molar-refractivity contribution in [2.45, 2.75) is 12.8 Å². The molecule has 3 aromatic rings. The van der Waals surface area contributed by atoms with Crippen molar-refractivity contribution in [1.82, 2.24) is 10.2 Å². The van der Waals surface area contributed by atoms with Crippen molar-refractivity contribution < 1.29 is 28.4 Å².